The summed E-state index contributed by atoms with van der Waals surface area (Å²) >= 11 is 0. The normalized spacial score (nSPS) is 29.0. The number of hydrogen-bond donors (Lipinski definition) is 2. The number of carbonyl (C=O) groups excluding carboxylic acids is 1. The Hall–Kier alpha value is -1.62. The number of carbonyl (C=O) groups is 1. The van der Waals surface area contributed by atoms with Crippen LogP contribution in [0.15, 0.2) is 18.3 Å². The van der Waals surface area contributed by atoms with Crippen LogP contribution in [0.4, 0.5) is 5.69 Å². The highest BCUT2D eigenvalue weighted by Gasteiger charge is 2.35. The summed E-state index contributed by atoms with van der Waals surface area (Å²) in [5, 5.41) is 6.14. The molecular formula is C14H20N4O. The highest BCUT2D eigenvalue weighted by Crippen LogP contribution is 2.27. The van der Waals surface area contributed by atoms with Crippen molar-refractivity contribution in [2.24, 2.45) is 5.92 Å². The highest BCUT2D eigenvalue weighted by atomic mass is 16.1. The molecule has 1 aromatic rings. The molecule has 1 unspecified atom stereocenters. The SMILES string of the molecule is CNc1ccc(C(=O)NC2CN3CCC2CC3)nc1. The average Bonchev–Trinajstić information content (AvgIpc) is 2.48. The molecule has 3 saturated heterocycles. The first-order valence-corrected chi connectivity index (χ1v) is 6.93. The van der Waals surface area contributed by atoms with Gasteiger partial charge in [-0.15, -0.1) is 0 Å². The van der Waals surface area contributed by atoms with Gasteiger partial charge in [-0.05, 0) is 44.0 Å². The Kier molecular flexibility index (Phi) is 3.38. The Morgan fingerprint density at radius 2 is 2.16 bits per heavy atom. The van der Waals surface area contributed by atoms with Crippen LogP contribution in [-0.4, -0.2) is 48.5 Å². The van der Waals surface area contributed by atoms with E-state index < -0.39 is 0 Å². The standard InChI is InChI=1S/C14H20N4O/c1-15-11-2-3-12(16-8-11)14(19)17-13-9-18-6-4-10(13)5-7-18/h2-3,8,10,13,15H,4-7,9H2,1H3,(H,17,19). The third kappa shape index (κ3) is 2.56. The first kappa shape index (κ1) is 12.4. The number of nitrogens with zero attached hydrogens (tertiary/aromatic N) is 2. The highest BCUT2D eigenvalue weighted by molar-refractivity contribution is 5.92. The largest absolute Gasteiger partial charge is 0.387 e. The zero-order valence-electron chi connectivity index (χ0n) is 11.2. The van der Waals surface area contributed by atoms with Crippen LogP contribution in [0.5, 0.6) is 0 Å². The first-order valence-electron chi connectivity index (χ1n) is 6.93. The van der Waals surface area contributed by atoms with Crippen molar-refractivity contribution in [3.05, 3.63) is 24.0 Å². The molecule has 0 aliphatic carbocycles. The molecule has 4 rings (SSSR count). The summed E-state index contributed by atoms with van der Waals surface area (Å²) in [6.45, 7) is 3.36. The van der Waals surface area contributed by atoms with E-state index in [2.05, 4.69) is 20.5 Å². The molecule has 0 spiro atoms. The van der Waals surface area contributed by atoms with Crippen LogP contribution in [0.2, 0.25) is 0 Å². The topological polar surface area (TPSA) is 57.3 Å². The second-order valence-corrected chi connectivity index (χ2v) is 5.40. The van der Waals surface area contributed by atoms with E-state index in [0.29, 0.717) is 17.7 Å². The van der Waals surface area contributed by atoms with Crippen molar-refractivity contribution in [3.8, 4) is 0 Å². The van der Waals surface area contributed by atoms with E-state index in [0.717, 1.165) is 12.2 Å². The number of anilines is 1. The van der Waals surface area contributed by atoms with Gasteiger partial charge in [0.05, 0.1) is 11.9 Å². The van der Waals surface area contributed by atoms with Gasteiger partial charge in [0.1, 0.15) is 5.69 Å². The minimum Gasteiger partial charge on any atom is -0.387 e. The molecule has 4 heterocycles. The van der Waals surface area contributed by atoms with Crippen molar-refractivity contribution in [3.63, 3.8) is 0 Å². The Labute approximate surface area is 113 Å². The third-order valence-corrected chi connectivity index (χ3v) is 4.26. The second-order valence-electron chi connectivity index (χ2n) is 5.40. The predicted octanol–water partition coefficient (Wildman–Crippen LogP) is 0.947. The molecule has 1 aromatic heterocycles. The third-order valence-electron chi connectivity index (χ3n) is 4.26. The van der Waals surface area contributed by atoms with Gasteiger partial charge in [-0.1, -0.05) is 0 Å². The minimum atomic E-state index is -0.0543. The fraction of sp³-hybridized carbons (Fsp3) is 0.571. The summed E-state index contributed by atoms with van der Waals surface area (Å²) in [4.78, 5) is 18.8. The Morgan fingerprint density at radius 3 is 2.68 bits per heavy atom. The van der Waals surface area contributed by atoms with E-state index in [1.165, 1.54) is 25.9 Å². The van der Waals surface area contributed by atoms with Gasteiger partial charge in [-0.2, -0.15) is 0 Å². The Morgan fingerprint density at radius 1 is 1.37 bits per heavy atom. The molecule has 3 aliphatic rings. The van der Waals surface area contributed by atoms with Crippen LogP contribution in [-0.2, 0) is 0 Å². The molecule has 0 saturated carbocycles. The number of nitrogens with one attached hydrogen (secondary N) is 2. The quantitative estimate of drug-likeness (QED) is 0.849. The molecule has 1 atom stereocenters. The van der Waals surface area contributed by atoms with Crippen LogP contribution in [0.1, 0.15) is 23.3 Å². The minimum absolute atomic E-state index is 0.0543. The van der Waals surface area contributed by atoms with Crippen LogP contribution in [0.25, 0.3) is 0 Å². The van der Waals surface area contributed by atoms with E-state index in [-0.39, 0.29) is 5.91 Å². The summed E-state index contributed by atoms with van der Waals surface area (Å²) in [5.41, 5.74) is 1.41. The summed E-state index contributed by atoms with van der Waals surface area (Å²) in [6.07, 6.45) is 4.10. The van der Waals surface area contributed by atoms with Gasteiger partial charge >= 0.3 is 0 Å². The molecule has 0 aromatic carbocycles. The van der Waals surface area contributed by atoms with Crippen molar-refractivity contribution < 1.29 is 4.79 Å². The van der Waals surface area contributed by atoms with E-state index >= 15 is 0 Å². The lowest BCUT2D eigenvalue weighted by Gasteiger charge is -2.44. The summed E-state index contributed by atoms with van der Waals surface area (Å²) in [5.74, 6) is 0.590. The summed E-state index contributed by atoms with van der Waals surface area (Å²) < 4.78 is 0. The Balaban J connectivity index is 1.64. The van der Waals surface area contributed by atoms with E-state index in [1.807, 2.05) is 13.1 Å². The molecule has 5 heteroatoms. The van der Waals surface area contributed by atoms with E-state index in [1.54, 1.807) is 12.3 Å². The van der Waals surface area contributed by atoms with E-state index in [4.69, 9.17) is 0 Å². The van der Waals surface area contributed by atoms with E-state index in [9.17, 15) is 4.79 Å². The van der Waals surface area contributed by atoms with Gasteiger partial charge in [-0.3, -0.25) is 4.79 Å². The molecule has 5 nitrogen and oxygen atoms in total. The Bertz CT molecular complexity index is 451. The van der Waals surface area contributed by atoms with Crippen molar-refractivity contribution in [2.45, 2.75) is 18.9 Å². The second kappa shape index (κ2) is 5.17. The molecule has 0 radical (unpaired) electrons. The van der Waals surface area contributed by atoms with Gasteiger partial charge < -0.3 is 15.5 Å². The predicted molar refractivity (Wildman–Crippen MR) is 74.2 cm³/mol. The van der Waals surface area contributed by atoms with Crippen LogP contribution >= 0.6 is 0 Å². The van der Waals surface area contributed by atoms with Crippen LogP contribution in [0.3, 0.4) is 0 Å². The first-order chi connectivity index (χ1) is 9.26. The molecular weight excluding hydrogens is 240 g/mol. The summed E-state index contributed by atoms with van der Waals surface area (Å²) in [7, 11) is 1.84. The smallest absolute Gasteiger partial charge is 0.270 e. The number of amides is 1. The maximum atomic E-state index is 12.2. The lowest BCUT2D eigenvalue weighted by atomic mass is 9.84. The monoisotopic (exact) mass is 260 g/mol. The number of piperidine rings is 3. The molecule has 19 heavy (non-hydrogen) atoms. The molecule has 2 bridgehead atoms. The maximum Gasteiger partial charge on any atom is 0.270 e. The average molecular weight is 260 g/mol. The van der Waals surface area contributed by atoms with Gasteiger partial charge in [0.25, 0.3) is 5.91 Å². The maximum absolute atomic E-state index is 12.2. The zero-order valence-corrected chi connectivity index (χ0v) is 11.2. The number of fused-ring (bicyclic) bond motifs is 3. The zero-order chi connectivity index (χ0) is 13.2. The van der Waals surface area contributed by atoms with Gasteiger partial charge in [0.2, 0.25) is 0 Å². The molecule has 1 amide bonds. The molecule has 3 fully saturated rings. The number of aromatic nitrogens is 1. The molecule has 102 valence electrons. The van der Waals surface area contributed by atoms with Crippen molar-refractivity contribution in [2.75, 3.05) is 32.0 Å². The molecule has 3 aliphatic heterocycles. The fourth-order valence-electron chi connectivity index (χ4n) is 3.05. The number of hydrogen-bond acceptors (Lipinski definition) is 4. The van der Waals surface area contributed by atoms with Crippen molar-refractivity contribution in [1.82, 2.24) is 15.2 Å². The van der Waals surface area contributed by atoms with Crippen molar-refractivity contribution >= 4 is 11.6 Å². The lowest BCUT2D eigenvalue weighted by molar-refractivity contribution is 0.0618. The van der Waals surface area contributed by atoms with Crippen molar-refractivity contribution in [1.29, 1.82) is 0 Å². The summed E-state index contributed by atoms with van der Waals surface area (Å²) in [6, 6.07) is 3.93. The van der Waals surface area contributed by atoms with Crippen LogP contribution < -0.4 is 10.6 Å². The van der Waals surface area contributed by atoms with Gasteiger partial charge in [0.15, 0.2) is 0 Å². The lowest BCUT2D eigenvalue weighted by Crippen LogP contribution is -2.57. The number of pyridine rings is 1. The van der Waals surface area contributed by atoms with Gasteiger partial charge in [0, 0.05) is 19.6 Å². The van der Waals surface area contributed by atoms with Crippen LogP contribution in [0, 0.1) is 5.92 Å². The molecule has 2 N–H and O–H groups in total. The fourth-order valence-corrected chi connectivity index (χ4v) is 3.05. The number of rotatable bonds is 3. The van der Waals surface area contributed by atoms with Gasteiger partial charge in [-0.25, -0.2) is 4.98 Å².